The number of aromatic nitrogens is 1. The topological polar surface area (TPSA) is 17.3 Å². The fraction of sp³-hybridized carbons (Fsp3) is 0.0870. The summed E-state index contributed by atoms with van der Waals surface area (Å²) in [4.78, 5) is 7.15. The summed E-state index contributed by atoms with van der Waals surface area (Å²) in [6.07, 6.45) is 2.22. The molecule has 1 heterocycles. The molecule has 0 bridgehead atoms. The number of thiazole rings is 1. The van der Waals surface area contributed by atoms with Crippen LogP contribution in [0.1, 0.15) is 11.1 Å². The maximum Gasteiger partial charge on any atom is 0.190 e. The molecule has 0 spiro atoms. The number of hydrogen-bond acceptors (Lipinski definition) is 2. The Hall–Kier alpha value is -2.91. The maximum absolute atomic E-state index is 4.89. The van der Waals surface area contributed by atoms with Crippen LogP contribution in [-0.2, 0) is 6.54 Å². The standard InChI is InChI=1S/C23H20N2S/c1-18-10-8-9-15-21(18)22-17-25(16-19-11-4-2-5-12-19)23(26-22)24-20-13-6-3-7-14-20/h2-15,17H,16H2,1H3. The van der Waals surface area contributed by atoms with E-state index in [4.69, 9.17) is 4.99 Å². The van der Waals surface area contributed by atoms with E-state index >= 15 is 0 Å². The van der Waals surface area contributed by atoms with Gasteiger partial charge in [-0.05, 0) is 35.7 Å². The molecule has 1 aromatic heterocycles. The minimum Gasteiger partial charge on any atom is -0.319 e. The van der Waals surface area contributed by atoms with Crippen LogP contribution in [0.4, 0.5) is 5.69 Å². The summed E-state index contributed by atoms with van der Waals surface area (Å²) in [5.74, 6) is 0. The van der Waals surface area contributed by atoms with E-state index in [2.05, 4.69) is 72.3 Å². The Kier molecular flexibility index (Phi) is 4.80. The third-order valence-corrected chi connectivity index (χ3v) is 5.36. The first-order valence-electron chi connectivity index (χ1n) is 8.69. The molecule has 3 heteroatoms. The van der Waals surface area contributed by atoms with Gasteiger partial charge in [-0.1, -0.05) is 84.1 Å². The molecule has 0 radical (unpaired) electrons. The minimum absolute atomic E-state index is 0.814. The zero-order valence-electron chi connectivity index (χ0n) is 14.7. The van der Waals surface area contributed by atoms with Crippen molar-refractivity contribution in [3.8, 4) is 10.4 Å². The number of rotatable bonds is 4. The number of para-hydroxylation sites is 1. The highest BCUT2D eigenvalue weighted by Crippen LogP contribution is 2.26. The summed E-state index contributed by atoms with van der Waals surface area (Å²) in [6.45, 7) is 2.97. The summed E-state index contributed by atoms with van der Waals surface area (Å²) >= 11 is 1.74. The fourth-order valence-corrected chi connectivity index (χ4v) is 4.05. The number of nitrogens with zero attached hydrogens (tertiary/aromatic N) is 2. The number of aryl methyl sites for hydroxylation is 1. The predicted octanol–water partition coefficient (Wildman–Crippen LogP) is 5.81. The molecule has 0 saturated heterocycles. The maximum atomic E-state index is 4.89. The zero-order chi connectivity index (χ0) is 17.8. The van der Waals surface area contributed by atoms with Crippen molar-refractivity contribution in [3.63, 3.8) is 0 Å². The van der Waals surface area contributed by atoms with Crippen molar-refractivity contribution in [1.29, 1.82) is 0 Å². The molecule has 0 fully saturated rings. The number of benzene rings is 3. The van der Waals surface area contributed by atoms with Crippen molar-refractivity contribution in [2.45, 2.75) is 13.5 Å². The van der Waals surface area contributed by atoms with Crippen LogP contribution < -0.4 is 4.80 Å². The molecule has 26 heavy (non-hydrogen) atoms. The van der Waals surface area contributed by atoms with Gasteiger partial charge in [0.05, 0.1) is 10.6 Å². The molecule has 0 aliphatic rings. The quantitative estimate of drug-likeness (QED) is 0.439. The van der Waals surface area contributed by atoms with E-state index < -0.39 is 0 Å². The van der Waals surface area contributed by atoms with E-state index in [1.807, 2.05) is 30.3 Å². The van der Waals surface area contributed by atoms with E-state index in [1.54, 1.807) is 11.3 Å². The molecule has 0 unspecified atom stereocenters. The normalized spacial score (nSPS) is 11.7. The number of hydrogen-bond donors (Lipinski definition) is 0. The third kappa shape index (κ3) is 3.68. The van der Waals surface area contributed by atoms with Gasteiger partial charge in [0.15, 0.2) is 4.80 Å². The van der Waals surface area contributed by atoms with Crippen LogP contribution in [0.25, 0.3) is 10.4 Å². The van der Waals surface area contributed by atoms with Gasteiger partial charge in [0.2, 0.25) is 0 Å². The predicted molar refractivity (Wildman–Crippen MR) is 110 cm³/mol. The lowest BCUT2D eigenvalue weighted by molar-refractivity contribution is 0.771. The fourth-order valence-electron chi connectivity index (χ4n) is 2.95. The van der Waals surface area contributed by atoms with Gasteiger partial charge in [0.25, 0.3) is 0 Å². The van der Waals surface area contributed by atoms with Gasteiger partial charge in [0.1, 0.15) is 0 Å². The summed E-state index contributed by atoms with van der Waals surface area (Å²) in [7, 11) is 0. The van der Waals surface area contributed by atoms with Gasteiger partial charge < -0.3 is 4.57 Å². The summed E-state index contributed by atoms with van der Waals surface area (Å²) < 4.78 is 2.24. The van der Waals surface area contributed by atoms with Crippen molar-refractivity contribution in [1.82, 2.24) is 4.57 Å². The molecule has 0 aliphatic carbocycles. The zero-order valence-corrected chi connectivity index (χ0v) is 15.5. The second-order valence-electron chi connectivity index (χ2n) is 6.25. The van der Waals surface area contributed by atoms with Crippen LogP contribution in [0.5, 0.6) is 0 Å². The average Bonchev–Trinajstić information content (AvgIpc) is 3.06. The van der Waals surface area contributed by atoms with Crippen LogP contribution >= 0.6 is 11.3 Å². The third-order valence-electron chi connectivity index (χ3n) is 4.31. The highest BCUT2D eigenvalue weighted by molar-refractivity contribution is 7.12. The molecule has 0 saturated carbocycles. The van der Waals surface area contributed by atoms with Crippen molar-refractivity contribution in [2.24, 2.45) is 4.99 Å². The van der Waals surface area contributed by atoms with Crippen molar-refractivity contribution < 1.29 is 0 Å². The Morgan fingerprint density at radius 3 is 2.19 bits per heavy atom. The first-order chi connectivity index (χ1) is 12.8. The first-order valence-corrected chi connectivity index (χ1v) is 9.51. The summed E-state index contributed by atoms with van der Waals surface area (Å²) in [5, 5.41) is 0. The Balaban J connectivity index is 1.83. The van der Waals surface area contributed by atoms with Crippen molar-refractivity contribution in [3.05, 3.63) is 107 Å². The molecule has 3 aromatic carbocycles. The summed E-state index contributed by atoms with van der Waals surface area (Å²) in [5.41, 5.74) is 4.81. The van der Waals surface area contributed by atoms with E-state index in [0.29, 0.717) is 0 Å². The molecule has 0 atom stereocenters. The van der Waals surface area contributed by atoms with Crippen LogP contribution in [0.2, 0.25) is 0 Å². The Morgan fingerprint density at radius 1 is 0.808 bits per heavy atom. The largest absolute Gasteiger partial charge is 0.319 e. The highest BCUT2D eigenvalue weighted by Gasteiger charge is 2.08. The molecule has 2 nitrogen and oxygen atoms in total. The van der Waals surface area contributed by atoms with Crippen LogP contribution in [0, 0.1) is 6.92 Å². The van der Waals surface area contributed by atoms with Crippen LogP contribution in [-0.4, -0.2) is 4.57 Å². The van der Waals surface area contributed by atoms with Gasteiger partial charge in [-0.25, -0.2) is 4.99 Å². The average molecular weight is 356 g/mol. The monoisotopic (exact) mass is 356 g/mol. The van der Waals surface area contributed by atoms with Gasteiger partial charge in [-0.2, -0.15) is 0 Å². The molecular formula is C23H20N2S. The van der Waals surface area contributed by atoms with Crippen LogP contribution in [0.3, 0.4) is 0 Å². The molecule has 0 aliphatic heterocycles. The van der Waals surface area contributed by atoms with Gasteiger partial charge >= 0.3 is 0 Å². The van der Waals surface area contributed by atoms with E-state index in [0.717, 1.165) is 17.0 Å². The molecular weight excluding hydrogens is 336 g/mol. The second kappa shape index (κ2) is 7.54. The van der Waals surface area contributed by atoms with Crippen LogP contribution in [0.15, 0.2) is 96.1 Å². The second-order valence-corrected chi connectivity index (χ2v) is 7.26. The lowest BCUT2D eigenvalue weighted by atomic mass is 10.1. The SMILES string of the molecule is Cc1ccccc1-c1cn(Cc2ccccc2)c(=Nc2ccccc2)s1. The molecule has 128 valence electrons. The van der Waals surface area contributed by atoms with E-state index in [9.17, 15) is 0 Å². The van der Waals surface area contributed by atoms with E-state index in [1.165, 1.54) is 21.6 Å². The molecule has 4 aromatic rings. The molecule has 0 N–H and O–H groups in total. The van der Waals surface area contributed by atoms with Gasteiger partial charge in [0, 0.05) is 12.7 Å². The Morgan fingerprint density at radius 2 is 1.46 bits per heavy atom. The highest BCUT2D eigenvalue weighted by atomic mass is 32.1. The van der Waals surface area contributed by atoms with Gasteiger partial charge in [-0.15, -0.1) is 0 Å². The van der Waals surface area contributed by atoms with E-state index in [-0.39, 0.29) is 0 Å². The molecule has 4 rings (SSSR count). The van der Waals surface area contributed by atoms with Crippen molar-refractivity contribution in [2.75, 3.05) is 0 Å². The lowest BCUT2D eigenvalue weighted by Gasteiger charge is -2.04. The Bertz CT molecular complexity index is 1060. The minimum atomic E-state index is 0.814. The Labute approximate surface area is 157 Å². The molecule has 0 amide bonds. The smallest absolute Gasteiger partial charge is 0.190 e. The summed E-state index contributed by atoms with van der Waals surface area (Å²) in [6, 6.07) is 29.2. The van der Waals surface area contributed by atoms with Gasteiger partial charge in [-0.3, -0.25) is 0 Å². The lowest BCUT2D eigenvalue weighted by Crippen LogP contribution is -2.14. The first kappa shape index (κ1) is 16.6. The van der Waals surface area contributed by atoms with Crippen molar-refractivity contribution >= 4 is 17.0 Å².